The van der Waals surface area contributed by atoms with Gasteiger partial charge in [0, 0.05) is 18.8 Å². The molecule has 0 saturated heterocycles. The molecule has 0 bridgehead atoms. The second kappa shape index (κ2) is 21.4. The monoisotopic (exact) mass is 540 g/mol. The number of carbonyl (C=O) groups excluding carboxylic acids is 2. The van der Waals surface area contributed by atoms with E-state index in [0.29, 0.717) is 25.7 Å². The maximum absolute atomic E-state index is 11.7. The van der Waals surface area contributed by atoms with Crippen molar-refractivity contribution in [2.24, 2.45) is 5.92 Å². The number of hydrogen-bond donors (Lipinski definition) is 0. The molecule has 0 amide bonds. The van der Waals surface area contributed by atoms with Gasteiger partial charge in [-0.25, -0.2) is 9.59 Å². The third kappa shape index (κ3) is 16.1. The number of ether oxygens (including phenoxy) is 5. The zero-order chi connectivity index (χ0) is 28.7. The lowest BCUT2D eigenvalue weighted by molar-refractivity contribution is -0.140. The Morgan fingerprint density at radius 2 is 1.26 bits per heavy atom. The van der Waals surface area contributed by atoms with Crippen LogP contribution in [0.15, 0.2) is 60.7 Å². The minimum absolute atomic E-state index is 0.277. The highest BCUT2D eigenvalue weighted by molar-refractivity contribution is 5.87. The molecule has 0 radical (unpaired) electrons. The van der Waals surface area contributed by atoms with Gasteiger partial charge in [0.15, 0.2) is 0 Å². The zero-order valence-electron chi connectivity index (χ0n) is 24.0. The van der Waals surface area contributed by atoms with E-state index < -0.39 is 0 Å². The topological polar surface area (TPSA) is 80.3 Å². The van der Waals surface area contributed by atoms with Crippen molar-refractivity contribution in [3.8, 4) is 11.5 Å². The fourth-order valence-electron chi connectivity index (χ4n) is 3.30. The number of benzene rings is 2. The molecule has 0 aromatic heterocycles. The first-order valence-electron chi connectivity index (χ1n) is 13.5. The van der Waals surface area contributed by atoms with Crippen molar-refractivity contribution in [2.75, 3.05) is 40.6 Å². The lowest BCUT2D eigenvalue weighted by atomic mass is 10.0. The lowest BCUT2D eigenvalue weighted by Gasteiger charge is -2.13. The summed E-state index contributed by atoms with van der Waals surface area (Å²) in [5.74, 6) is 1.41. The van der Waals surface area contributed by atoms with Crippen LogP contribution in [0.5, 0.6) is 11.5 Å². The lowest BCUT2D eigenvalue weighted by Crippen LogP contribution is -2.12. The molecular weight excluding hydrogens is 496 g/mol. The largest absolute Gasteiger partial charge is 0.497 e. The van der Waals surface area contributed by atoms with Gasteiger partial charge in [-0.1, -0.05) is 57.4 Å². The van der Waals surface area contributed by atoms with E-state index in [1.807, 2.05) is 55.5 Å². The molecule has 214 valence electrons. The summed E-state index contributed by atoms with van der Waals surface area (Å²) in [6.45, 7) is 8.06. The van der Waals surface area contributed by atoms with Crippen LogP contribution in [-0.2, 0) is 23.8 Å². The van der Waals surface area contributed by atoms with Gasteiger partial charge in [0.05, 0.1) is 27.4 Å². The molecule has 0 aliphatic heterocycles. The average molecular weight is 541 g/mol. The van der Waals surface area contributed by atoms with Crippen molar-refractivity contribution in [2.45, 2.75) is 46.5 Å². The molecule has 0 aliphatic carbocycles. The molecule has 2 aromatic rings. The summed E-state index contributed by atoms with van der Waals surface area (Å²) in [5.41, 5.74) is 1.86. The molecule has 0 N–H and O–H groups in total. The van der Waals surface area contributed by atoms with E-state index in [1.54, 1.807) is 26.4 Å². The normalized spacial score (nSPS) is 11.5. The molecule has 7 nitrogen and oxygen atoms in total. The minimum atomic E-state index is -0.370. The van der Waals surface area contributed by atoms with E-state index >= 15 is 0 Å². The second-order valence-corrected chi connectivity index (χ2v) is 8.62. The van der Waals surface area contributed by atoms with E-state index in [1.165, 1.54) is 25.0 Å². The van der Waals surface area contributed by atoms with Crippen LogP contribution in [0.3, 0.4) is 0 Å². The van der Waals surface area contributed by atoms with Crippen molar-refractivity contribution in [1.29, 1.82) is 0 Å². The third-order valence-corrected chi connectivity index (χ3v) is 5.74. The van der Waals surface area contributed by atoms with Crippen LogP contribution in [0.4, 0.5) is 0 Å². The second-order valence-electron chi connectivity index (χ2n) is 8.62. The molecule has 0 saturated carbocycles. The van der Waals surface area contributed by atoms with Gasteiger partial charge in [-0.2, -0.15) is 0 Å². The van der Waals surface area contributed by atoms with Gasteiger partial charge in [-0.15, -0.1) is 0 Å². The summed E-state index contributed by atoms with van der Waals surface area (Å²) in [5, 5.41) is 0. The molecular formula is C32H44O7. The zero-order valence-corrected chi connectivity index (χ0v) is 24.0. The maximum atomic E-state index is 11.7. The first-order chi connectivity index (χ1) is 18.9. The van der Waals surface area contributed by atoms with E-state index in [4.69, 9.17) is 23.7 Å². The van der Waals surface area contributed by atoms with Crippen LogP contribution in [0.2, 0.25) is 0 Å². The highest BCUT2D eigenvalue weighted by Gasteiger charge is 2.08. The summed E-state index contributed by atoms with van der Waals surface area (Å²) < 4.78 is 25.4. The van der Waals surface area contributed by atoms with E-state index in [0.717, 1.165) is 35.5 Å². The number of unbranched alkanes of at least 4 members (excludes halogenated alkanes) is 1. The van der Waals surface area contributed by atoms with Gasteiger partial charge in [-0.05, 0) is 66.8 Å². The molecule has 0 heterocycles. The van der Waals surface area contributed by atoms with Gasteiger partial charge in [0.25, 0.3) is 0 Å². The predicted octanol–water partition coefficient (Wildman–Crippen LogP) is 6.76. The molecule has 0 spiro atoms. The Bertz CT molecular complexity index is 979. The van der Waals surface area contributed by atoms with Gasteiger partial charge in [0.1, 0.15) is 18.1 Å². The first-order valence-corrected chi connectivity index (χ1v) is 13.5. The SMILES string of the molecule is CCCCC(CC)COC(=O)C=Cc1ccc(OC)cc1.CCOCCOC(=O)C=Cc1ccc(OC)cc1. The predicted molar refractivity (Wildman–Crippen MR) is 156 cm³/mol. The Kier molecular flexibility index (Phi) is 18.3. The third-order valence-electron chi connectivity index (χ3n) is 5.74. The van der Waals surface area contributed by atoms with E-state index in [9.17, 15) is 9.59 Å². The first kappa shape index (κ1) is 33.4. The summed E-state index contributed by atoms with van der Waals surface area (Å²) in [4.78, 5) is 23.0. The molecule has 2 rings (SSSR count). The van der Waals surface area contributed by atoms with Gasteiger partial charge >= 0.3 is 11.9 Å². The van der Waals surface area contributed by atoms with Gasteiger partial charge in [-0.3, -0.25) is 0 Å². The van der Waals surface area contributed by atoms with Crippen LogP contribution in [0.1, 0.15) is 57.6 Å². The molecule has 0 fully saturated rings. The smallest absolute Gasteiger partial charge is 0.330 e. The minimum Gasteiger partial charge on any atom is -0.497 e. The number of esters is 2. The fraction of sp³-hybridized carbons (Fsp3) is 0.438. The molecule has 2 aromatic carbocycles. The van der Waals surface area contributed by atoms with Crippen molar-refractivity contribution in [3.63, 3.8) is 0 Å². The summed E-state index contributed by atoms with van der Waals surface area (Å²) in [7, 11) is 3.24. The number of hydrogen-bond acceptors (Lipinski definition) is 7. The Labute approximate surface area is 233 Å². The molecule has 0 aliphatic rings. The summed E-state index contributed by atoms with van der Waals surface area (Å²) >= 11 is 0. The molecule has 39 heavy (non-hydrogen) atoms. The van der Waals surface area contributed by atoms with Crippen molar-refractivity contribution >= 4 is 24.1 Å². The molecule has 1 unspecified atom stereocenters. The van der Waals surface area contributed by atoms with Crippen molar-refractivity contribution in [1.82, 2.24) is 0 Å². The molecule has 1 atom stereocenters. The van der Waals surface area contributed by atoms with Crippen LogP contribution < -0.4 is 9.47 Å². The van der Waals surface area contributed by atoms with Crippen LogP contribution in [0.25, 0.3) is 12.2 Å². The van der Waals surface area contributed by atoms with Gasteiger partial charge in [0.2, 0.25) is 0 Å². The maximum Gasteiger partial charge on any atom is 0.330 e. The fourth-order valence-corrected chi connectivity index (χ4v) is 3.30. The molecule has 7 heteroatoms. The highest BCUT2D eigenvalue weighted by Crippen LogP contribution is 2.15. The van der Waals surface area contributed by atoms with Crippen LogP contribution >= 0.6 is 0 Å². The quantitative estimate of drug-likeness (QED) is 0.132. The van der Waals surface area contributed by atoms with Crippen molar-refractivity contribution < 1.29 is 33.3 Å². The number of rotatable bonds is 16. The van der Waals surface area contributed by atoms with Crippen LogP contribution in [0, 0.1) is 5.92 Å². The van der Waals surface area contributed by atoms with Gasteiger partial charge < -0.3 is 23.7 Å². The Balaban J connectivity index is 0.000000395. The standard InChI is InChI=1S/C18H26O3.C14H18O4/c1-4-6-7-15(5-2)14-21-18(19)13-10-16-8-11-17(20-3)12-9-16;1-3-17-10-11-18-14(15)9-6-12-4-7-13(16-2)8-5-12/h8-13,15H,4-7,14H2,1-3H3;4-9H,3,10-11H2,1-2H3. The van der Waals surface area contributed by atoms with Crippen molar-refractivity contribution in [3.05, 3.63) is 71.8 Å². The van der Waals surface area contributed by atoms with E-state index in [2.05, 4.69) is 13.8 Å². The average Bonchev–Trinajstić information content (AvgIpc) is 2.98. The van der Waals surface area contributed by atoms with E-state index in [-0.39, 0.29) is 18.5 Å². The number of methoxy groups -OCH3 is 2. The van der Waals surface area contributed by atoms with Crippen LogP contribution in [-0.4, -0.2) is 52.6 Å². The summed E-state index contributed by atoms with van der Waals surface area (Å²) in [6.07, 6.45) is 10.9. The number of carbonyl (C=O) groups is 2. The summed E-state index contributed by atoms with van der Waals surface area (Å²) in [6, 6.07) is 14.9. The Hall–Kier alpha value is -3.58. The Morgan fingerprint density at radius 1 is 0.744 bits per heavy atom. The highest BCUT2D eigenvalue weighted by atomic mass is 16.6. The Morgan fingerprint density at radius 3 is 1.69 bits per heavy atom.